The number of benzene rings is 1. The van der Waals surface area contributed by atoms with Gasteiger partial charge in [0.1, 0.15) is 0 Å². The average Bonchev–Trinajstić information content (AvgIpc) is 2.87. The van der Waals surface area contributed by atoms with Crippen LogP contribution < -0.4 is 0 Å². The lowest BCUT2D eigenvalue weighted by Crippen LogP contribution is -2.17. The summed E-state index contributed by atoms with van der Waals surface area (Å²) in [6, 6.07) is 6.39. The molecule has 3 rings (SSSR count). The summed E-state index contributed by atoms with van der Waals surface area (Å²) >= 11 is 5.47. The molecule has 18 heavy (non-hydrogen) atoms. The Morgan fingerprint density at radius 2 is 2.28 bits per heavy atom. The fraction of sp³-hybridized carbons (Fsp3) is 0.500. The molecule has 0 aliphatic carbocycles. The minimum atomic E-state index is 0.723. The molecule has 0 bridgehead atoms. The molecule has 1 aliphatic rings. The van der Waals surface area contributed by atoms with Crippen LogP contribution >= 0.6 is 12.2 Å². The number of nitrogens with one attached hydrogen (secondary N) is 1. The SMILES string of the molecule is Cc1cccc2c1[nH]c(=S)n2CC1CCN(C)C1. The Labute approximate surface area is 112 Å². The number of imidazole rings is 1. The Morgan fingerprint density at radius 1 is 1.44 bits per heavy atom. The molecule has 0 radical (unpaired) electrons. The fourth-order valence-electron chi connectivity index (χ4n) is 2.94. The van der Waals surface area contributed by atoms with Gasteiger partial charge in [-0.05, 0) is 56.7 Å². The largest absolute Gasteiger partial charge is 0.330 e. The van der Waals surface area contributed by atoms with E-state index in [-0.39, 0.29) is 0 Å². The normalized spacial score (nSPS) is 20.9. The Hall–Kier alpha value is -1.13. The lowest BCUT2D eigenvalue weighted by Gasteiger charge is -2.12. The molecule has 96 valence electrons. The van der Waals surface area contributed by atoms with Crippen molar-refractivity contribution in [3.63, 3.8) is 0 Å². The lowest BCUT2D eigenvalue weighted by atomic mass is 10.1. The van der Waals surface area contributed by atoms with Crippen molar-refractivity contribution in [1.82, 2.24) is 14.5 Å². The number of aryl methyl sites for hydroxylation is 1. The molecule has 4 heteroatoms. The standard InChI is InChI=1S/C14H19N3S/c1-10-4-3-5-12-13(10)15-14(18)17(12)9-11-6-7-16(2)8-11/h3-5,11H,6-9H2,1-2H3,(H,15,18). The monoisotopic (exact) mass is 261 g/mol. The van der Waals surface area contributed by atoms with E-state index in [1.165, 1.54) is 36.1 Å². The lowest BCUT2D eigenvalue weighted by molar-refractivity contribution is 0.379. The van der Waals surface area contributed by atoms with E-state index < -0.39 is 0 Å². The summed E-state index contributed by atoms with van der Waals surface area (Å²) in [5, 5.41) is 0. The number of aromatic nitrogens is 2. The van der Waals surface area contributed by atoms with Crippen LogP contribution in [0.25, 0.3) is 11.0 Å². The van der Waals surface area contributed by atoms with Crippen LogP contribution in [-0.2, 0) is 6.54 Å². The molecule has 3 nitrogen and oxygen atoms in total. The first-order valence-corrected chi connectivity index (χ1v) is 6.92. The number of aromatic amines is 1. The van der Waals surface area contributed by atoms with Crippen LogP contribution in [0.3, 0.4) is 0 Å². The minimum absolute atomic E-state index is 0.723. The van der Waals surface area contributed by atoms with Gasteiger partial charge in [-0.3, -0.25) is 0 Å². The first-order valence-electron chi connectivity index (χ1n) is 6.52. The highest BCUT2D eigenvalue weighted by Crippen LogP contribution is 2.22. The maximum absolute atomic E-state index is 5.47. The van der Waals surface area contributed by atoms with Gasteiger partial charge in [0.2, 0.25) is 0 Å². The molecule has 1 atom stereocenters. The number of likely N-dealkylation sites (tertiary alicyclic amines) is 1. The average molecular weight is 261 g/mol. The van der Waals surface area contributed by atoms with Gasteiger partial charge in [0.15, 0.2) is 4.77 Å². The number of H-pyrrole nitrogens is 1. The van der Waals surface area contributed by atoms with Gasteiger partial charge in [-0.25, -0.2) is 0 Å². The molecule has 1 fully saturated rings. The van der Waals surface area contributed by atoms with Gasteiger partial charge < -0.3 is 14.5 Å². The second-order valence-corrected chi connectivity index (χ2v) is 5.81. The van der Waals surface area contributed by atoms with Gasteiger partial charge in [-0.1, -0.05) is 12.1 Å². The molecule has 2 heterocycles. The summed E-state index contributed by atoms with van der Waals surface area (Å²) in [5.74, 6) is 0.723. The molecule has 1 aromatic heterocycles. The van der Waals surface area contributed by atoms with Gasteiger partial charge in [0.05, 0.1) is 11.0 Å². The van der Waals surface area contributed by atoms with Crippen LogP contribution in [-0.4, -0.2) is 34.6 Å². The molecule has 1 N–H and O–H groups in total. The van der Waals surface area contributed by atoms with E-state index in [1.807, 2.05) is 0 Å². The maximum atomic E-state index is 5.47. The number of hydrogen-bond acceptors (Lipinski definition) is 2. The topological polar surface area (TPSA) is 24.0 Å². The Morgan fingerprint density at radius 3 is 3.00 bits per heavy atom. The van der Waals surface area contributed by atoms with Crippen LogP contribution in [0.4, 0.5) is 0 Å². The van der Waals surface area contributed by atoms with Gasteiger partial charge in [-0.15, -0.1) is 0 Å². The highest BCUT2D eigenvalue weighted by molar-refractivity contribution is 7.71. The number of nitrogens with zero attached hydrogens (tertiary/aromatic N) is 2. The highest BCUT2D eigenvalue weighted by atomic mass is 32.1. The Bertz CT molecular complexity index is 625. The highest BCUT2D eigenvalue weighted by Gasteiger charge is 2.20. The fourth-order valence-corrected chi connectivity index (χ4v) is 3.21. The smallest absolute Gasteiger partial charge is 0.178 e. The third kappa shape index (κ3) is 1.99. The zero-order valence-corrected chi connectivity index (χ0v) is 11.8. The molecule has 0 amide bonds. The van der Waals surface area contributed by atoms with Crippen LogP contribution in [0, 0.1) is 17.6 Å². The number of para-hydroxylation sites is 1. The minimum Gasteiger partial charge on any atom is -0.330 e. The summed E-state index contributed by atoms with van der Waals surface area (Å²) in [5.41, 5.74) is 3.70. The van der Waals surface area contributed by atoms with Crippen molar-refractivity contribution in [1.29, 1.82) is 0 Å². The first kappa shape index (κ1) is 11.9. The molecule has 1 aliphatic heterocycles. The van der Waals surface area contributed by atoms with E-state index in [0.717, 1.165) is 17.2 Å². The molecule has 0 saturated carbocycles. The first-order chi connectivity index (χ1) is 8.65. The molecule has 1 unspecified atom stereocenters. The van der Waals surface area contributed by atoms with Crippen LogP contribution in [0.15, 0.2) is 18.2 Å². The third-order valence-electron chi connectivity index (χ3n) is 3.95. The van der Waals surface area contributed by atoms with Crippen molar-refractivity contribution in [2.45, 2.75) is 19.9 Å². The second kappa shape index (κ2) is 4.52. The van der Waals surface area contributed by atoms with E-state index in [9.17, 15) is 0 Å². The van der Waals surface area contributed by atoms with Crippen molar-refractivity contribution in [2.75, 3.05) is 20.1 Å². The zero-order chi connectivity index (χ0) is 12.7. The van der Waals surface area contributed by atoms with E-state index in [0.29, 0.717) is 0 Å². The molecular formula is C14H19N3S. The summed E-state index contributed by atoms with van der Waals surface area (Å²) in [6.45, 7) is 5.55. The van der Waals surface area contributed by atoms with Crippen molar-refractivity contribution in [3.05, 3.63) is 28.5 Å². The summed E-state index contributed by atoms with van der Waals surface area (Å²) in [7, 11) is 2.19. The van der Waals surface area contributed by atoms with Gasteiger partial charge in [0, 0.05) is 13.1 Å². The molecule has 0 spiro atoms. The van der Waals surface area contributed by atoms with E-state index in [2.05, 4.69) is 46.6 Å². The molecule has 1 aromatic carbocycles. The van der Waals surface area contributed by atoms with Gasteiger partial charge >= 0.3 is 0 Å². The van der Waals surface area contributed by atoms with E-state index in [1.54, 1.807) is 0 Å². The maximum Gasteiger partial charge on any atom is 0.178 e. The van der Waals surface area contributed by atoms with Crippen molar-refractivity contribution in [2.24, 2.45) is 5.92 Å². The number of rotatable bonds is 2. The summed E-state index contributed by atoms with van der Waals surface area (Å²) < 4.78 is 3.12. The molecular weight excluding hydrogens is 242 g/mol. The van der Waals surface area contributed by atoms with E-state index >= 15 is 0 Å². The van der Waals surface area contributed by atoms with Crippen LogP contribution in [0.1, 0.15) is 12.0 Å². The quantitative estimate of drug-likeness (QED) is 0.840. The van der Waals surface area contributed by atoms with Gasteiger partial charge in [0.25, 0.3) is 0 Å². The zero-order valence-electron chi connectivity index (χ0n) is 10.9. The summed E-state index contributed by atoms with van der Waals surface area (Å²) in [6.07, 6.45) is 1.27. The van der Waals surface area contributed by atoms with Crippen LogP contribution in [0.2, 0.25) is 0 Å². The second-order valence-electron chi connectivity index (χ2n) is 5.43. The number of hydrogen-bond donors (Lipinski definition) is 1. The van der Waals surface area contributed by atoms with Crippen molar-refractivity contribution in [3.8, 4) is 0 Å². The Balaban J connectivity index is 1.99. The van der Waals surface area contributed by atoms with Crippen molar-refractivity contribution >= 4 is 23.3 Å². The molecule has 2 aromatic rings. The molecule has 1 saturated heterocycles. The van der Waals surface area contributed by atoms with Crippen molar-refractivity contribution < 1.29 is 0 Å². The Kier molecular flexibility index (Phi) is 2.99. The van der Waals surface area contributed by atoms with E-state index in [4.69, 9.17) is 12.2 Å². The summed E-state index contributed by atoms with van der Waals surface area (Å²) in [4.78, 5) is 5.74. The van der Waals surface area contributed by atoms with Gasteiger partial charge in [-0.2, -0.15) is 0 Å². The van der Waals surface area contributed by atoms with Crippen LogP contribution in [0.5, 0.6) is 0 Å². The predicted molar refractivity (Wildman–Crippen MR) is 77.5 cm³/mol. The number of fused-ring (bicyclic) bond motifs is 1. The predicted octanol–water partition coefficient (Wildman–Crippen LogP) is 2.96. The third-order valence-corrected chi connectivity index (χ3v) is 4.27.